The first-order valence-corrected chi connectivity index (χ1v) is 6.42. The topological polar surface area (TPSA) is 21.3 Å². The minimum Gasteiger partial charge on any atom is -0.377 e. The van der Waals surface area contributed by atoms with Crippen molar-refractivity contribution in [2.24, 2.45) is 17.8 Å². The number of hydrogen-bond acceptors (Lipinski definition) is 2. The van der Waals surface area contributed by atoms with Gasteiger partial charge in [0.25, 0.3) is 0 Å². The van der Waals surface area contributed by atoms with Crippen LogP contribution in [0.15, 0.2) is 12.2 Å². The Morgan fingerprint density at radius 3 is 2.87 bits per heavy atom. The smallest absolute Gasteiger partial charge is 0.0700 e. The van der Waals surface area contributed by atoms with Gasteiger partial charge in [0.05, 0.1) is 6.10 Å². The molecule has 15 heavy (non-hydrogen) atoms. The van der Waals surface area contributed by atoms with Gasteiger partial charge < -0.3 is 10.1 Å². The standard InChI is InChI=1S/C13H21NO/c1-2-13(15-5-1)9-14-8-12-7-10-3-4-11(12)6-10/h3-4,10-14H,1-2,5-9H2/t10-,11+,12-,13-/m1/s1. The normalized spacial score (nSPS) is 42.9. The minimum absolute atomic E-state index is 0.499. The van der Waals surface area contributed by atoms with Crippen LogP contribution < -0.4 is 5.32 Å². The van der Waals surface area contributed by atoms with E-state index in [0.717, 1.165) is 30.9 Å². The second kappa shape index (κ2) is 4.26. The molecule has 1 heterocycles. The van der Waals surface area contributed by atoms with Crippen molar-refractivity contribution in [2.45, 2.75) is 31.8 Å². The van der Waals surface area contributed by atoms with E-state index in [9.17, 15) is 0 Å². The average Bonchev–Trinajstić information content (AvgIpc) is 2.93. The van der Waals surface area contributed by atoms with Crippen molar-refractivity contribution in [3.8, 4) is 0 Å². The zero-order valence-corrected chi connectivity index (χ0v) is 9.32. The fourth-order valence-corrected chi connectivity index (χ4v) is 3.36. The summed E-state index contributed by atoms with van der Waals surface area (Å²) >= 11 is 0. The summed E-state index contributed by atoms with van der Waals surface area (Å²) in [6.45, 7) is 3.24. The van der Waals surface area contributed by atoms with Crippen LogP contribution in [-0.4, -0.2) is 25.8 Å². The second-order valence-electron chi connectivity index (χ2n) is 5.33. The molecule has 2 fully saturated rings. The Kier molecular flexibility index (Phi) is 2.80. The Hall–Kier alpha value is -0.340. The Balaban J connectivity index is 1.38. The zero-order chi connectivity index (χ0) is 10.1. The predicted molar refractivity (Wildman–Crippen MR) is 60.7 cm³/mol. The molecule has 1 aliphatic heterocycles. The summed E-state index contributed by atoms with van der Waals surface area (Å²) in [7, 11) is 0. The molecule has 4 atom stereocenters. The van der Waals surface area contributed by atoms with Crippen LogP contribution in [0.1, 0.15) is 25.7 Å². The lowest BCUT2D eigenvalue weighted by Crippen LogP contribution is -2.31. The number of rotatable bonds is 4. The number of fused-ring (bicyclic) bond motifs is 2. The van der Waals surface area contributed by atoms with Gasteiger partial charge in [-0.05, 0) is 50.0 Å². The maximum Gasteiger partial charge on any atom is 0.0700 e. The highest BCUT2D eigenvalue weighted by Gasteiger charge is 2.35. The largest absolute Gasteiger partial charge is 0.377 e. The van der Waals surface area contributed by atoms with E-state index in [1.807, 2.05) is 0 Å². The van der Waals surface area contributed by atoms with E-state index in [4.69, 9.17) is 4.74 Å². The van der Waals surface area contributed by atoms with Crippen LogP contribution in [-0.2, 0) is 4.74 Å². The molecule has 2 aliphatic carbocycles. The molecule has 0 radical (unpaired) electrons. The molecule has 2 heteroatoms. The average molecular weight is 207 g/mol. The van der Waals surface area contributed by atoms with Crippen LogP contribution in [0, 0.1) is 17.8 Å². The lowest BCUT2D eigenvalue weighted by molar-refractivity contribution is 0.109. The maximum absolute atomic E-state index is 5.60. The highest BCUT2D eigenvalue weighted by molar-refractivity contribution is 5.10. The van der Waals surface area contributed by atoms with E-state index in [-0.39, 0.29) is 0 Å². The summed E-state index contributed by atoms with van der Waals surface area (Å²) in [5.41, 5.74) is 0. The summed E-state index contributed by atoms with van der Waals surface area (Å²) in [6, 6.07) is 0. The van der Waals surface area contributed by atoms with Gasteiger partial charge in [0.15, 0.2) is 0 Å². The molecule has 3 aliphatic rings. The van der Waals surface area contributed by atoms with Gasteiger partial charge >= 0.3 is 0 Å². The third kappa shape index (κ3) is 2.11. The monoisotopic (exact) mass is 207 g/mol. The number of hydrogen-bond donors (Lipinski definition) is 1. The Labute approximate surface area is 92.1 Å². The lowest BCUT2D eigenvalue weighted by atomic mass is 9.93. The molecule has 2 nitrogen and oxygen atoms in total. The van der Waals surface area contributed by atoms with Crippen LogP contribution in [0.4, 0.5) is 0 Å². The first kappa shape index (κ1) is 9.86. The van der Waals surface area contributed by atoms with Crippen LogP contribution in [0.25, 0.3) is 0 Å². The number of ether oxygens (including phenoxy) is 1. The summed E-state index contributed by atoms with van der Waals surface area (Å²) in [5, 5.41) is 3.60. The van der Waals surface area contributed by atoms with Crippen molar-refractivity contribution >= 4 is 0 Å². The van der Waals surface area contributed by atoms with Crippen LogP contribution in [0.2, 0.25) is 0 Å². The highest BCUT2D eigenvalue weighted by Crippen LogP contribution is 2.42. The van der Waals surface area contributed by atoms with E-state index in [1.54, 1.807) is 0 Å². The van der Waals surface area contributed by atoms with Crippen molar-refractivity contribution in [1.29, 1.82) is 0 Å². The summed E-state index contributed by atoms with van der Waals surface area (Å²) in [5.74, 6) is 2.69. The van der Waals surface area contributed by atoms with Crippen LogP contribution >= 0.6 is 0 Å². The molecule has 3 rings (SSSR count). The first-order valence-electron chi connectivity index (χ1n) is 6.42. The number of nitrogens with one attached hydrogen (secondary N) is 1. The Morgan fingerprint density at radius 2 is 2.20 bits per heavy atom. The summed E-state index contributed by atoms with van der Waals surface area (Å²) in [4.78, 5) is 0. The van der Waals surface area contributed by atoms with Gasteiger partial charge in [-0.2, -0.15) is 0 Å². The molecule has 0 amide bonds. The number of allylic oxidation sites excluding steroid dienone is 2. The van der Waals surface area contributed by atoms with E-state index in [1.165, 1.54) is 32.2 Å². The molecular formula is C13H21NO. The van der Waals surface area contributed by atoms with Gasteiger partial charge in [-0.25, -0.2) is 0 Å². The predicted octanol–water partition coefficient (Wildman–Crippen LogP) is 1.97. The molecular weight excluding hydrogens is 186 g/mol. The molecule has 1 saturated heterocycles. The summed E-state index contributed by atoms with van der Waals surface area (Å²) in [6.07, 6.45) is 10.7. The van der Waals surface area contributed by atoms with Gasteiger partial charge in [0.1, 0.15) is 0 Å². The molecule has 2 bridgehead atoms. The molecule has 0 unspecified atom stereocenters. The SMILES string of the molecule is C1=C[C@H]2C[C@@H]1C[C@@H]2CNC[C@H]1CCCO1. The van der Waals surface area contributed by atoms with E-state index < -0.39 is 0 Å². The van der Waals surface area contributed by atoms with E-state index >= 15 is 0 Å². The molecule has 0 aromatic heterocycles. The Morgan fingerprint density at radius 1 is 1.20 bits per heavy atom. The van der Waals surface area contributed by atoms with Gasteiger partial charge in [-0.15, -0.1) is 0 Å². The second-order valence-corrected chi connectivity index (χ2v) is 5.33. The summed E-state index contributed by atoms with van der Waals surface area (Å²) < 4.78 is 5.60. The van der Waals surface area contributed by atoms with Gasteiger partial charge in [-0.1, -0.05) is 12.2 Å². The van der Waals surface area contributed by atoms with E-state index in [2.05, 4.69) is 17.5 Å². The van der Waals surface area contributed by atoms with E-state index in [0.29, 0.717) is 6.10 Å². The Bertz CT molecular complexity index is 245. The quantitative estimate of drug-likeness (QED) is 0.712. The molecule has 1 N–H and O–H groups in total. The van der Waals surface area contributed by atoms with Crippen molar-refractivity contribution in [1.82, 2.24) is 5.32 Å². The molecule has 0 spiro atoms. The molecule has 0 aromatic rings. The molecule has 0 aromatic carbocycles. The van der Waals surface area contributed by atoms with Crippen molar-refractivity contribution < 1.29 is 4.74 Å². The van der Waals surface area contributed by atoms with Crippen LogP contribution in [0.3, 0.4) is 0 Å². The van der Waals surface area contributed by atoms with Crippen molar-refractivity contribution in [3.05, 3.63) is 12.2 Å². The van der Waals surface area contributed by atoms with Gasteiger partial charge in [0, 0.05) is 13.2 Å². The van der Waals surface area contributed by atoms with Gasteiger partial charge in [-0.3, -0.25) is 0 Å². The fraction of sp³-hybridized carbons (Fsp3) is 0.846. The third-order valence-corrected chi connectivity index (χ3v) is 4.22. The maximum atomic E-state index is 5.60. The van der Waals surface area contributed by atoms with Crippen molar-refractivity contribution in [2.75, 3.05) is 19.7 Å². The highest BCUT2D eigenvalue weighted by atomic mass is 16.5. The molecule has 84 valence electrons. The fourth-order valence-electron chi connectivity index (χ4n) is 3.36. The van der Waals surface area contributed by atoms with Gasteiger partial charge in [0.2, 0.25) is 0 Å². The minimum atomic E-state index is 0.499. The zero-order valence-electron chi connectivity index (χ0n) is 9.32. The first-order chi connectivity index (χ1) is 7.42. The van der Waals surface area contributed by atoms with Crippen molar-refractivity contribution in [3.63, 3.8) is 0 Å². The molecule has 1 saturated carbocycles. The van der Waals surface area contributed by atoms with Crippen LogP contribution in [0.5, 0.6) is 0 Å². The third-order valence-electron chi connectivity index (χ3n) is 4.22. The lowest BCUT2D eigenvalue weighted by Gasteiger charge is -2.19.